The number of anilines is 2. The maximum atomic E-state index is 5.96. The molecule has 1 saturated heterocycles. The number of aromatic nitrogens is 2. The van der Waals surface area contributed by atoms with Gasteiger partial charge < -0.3 is 15.8 Å². The molecule has 2 heterocycles. The highest BCUT2D eigenvalue weighted by atomic mass is 35.5. The van der Waals surface area contributed by atoms with Crippen LogP contribution in [0.3, 0.4) is 0 Å². The van der Waals surface area contributed by atoms with Gasteiger partial charge in [0.15, 0.2) is 5.82 Å². The summed E-state index contributed by atoms with van der Waals surface area (Å²) in [7, 11) is 0. The van der Waals surface area contributed by atoms with Gasteiger partial charge >= 0.3 is 0 Å². The molecular formula is C13H21ClN4O. The summed E-state index contributed by atoms with van der Waals surface area (Å²) < 4.78 is 5.96. The minimum Gasteiger partial charge on any atom is -0.394 e. The standard InChI is InChI=1S/C13H21ClN4O/c1-3-13(4-2)7-9(5-6-19-13)17-11-10(15)8-16-12(14)18-11/h8-9H,3-7,15H2,1-2H3,(H,16,17,18). The van der Waals surface area contributed by atoms with E-state index in [-0.39, 0.29) is 10.9 Å². The minimum absolute atomic E-state index is 0.0263. The van der Waals surface area contributed by atoms with E-state index >= 15 is 0 Å². The fourth-order valence-electron chi connectivity index (χ4n) is 2.57. The number of hydrogen-bond donors (Lipinski definition) is 2. The van der Waals surface area contributed by atoms with Crippen molar-refractivity contribution in [2.75, 3.05) is 17.7 Å². The molecule has 0 amide bonds. The van der Waals surface area contributed by atoms with Crippen LogP contribution in [0.4, 0.5) is 11.5 Å². The highest BCUT2D eigenvalue weighted by Gasteiger charge is 2.34. The van der Waals surface area contributed by atoms with Gasteiger partial charge in [-0.3, -0.25) is 0 Å². The molecule has 1 aromatic rings. The molecular weight excluding hydrogens is 264 g/mol. The second-order valence-electron chi connectivity index (χ2n) is 5.02. The summed E-state index contributed by atoms with van der Waals surface area (Å²) in [5, 5.41) is 3.58. The molecule has 1 unspecified atom stereocenters. The van der Waals surface area contributed by atoms with E-state index in [1.165, 1.54) is 6.20 Å². The van der Waals surface area contributed by atoms with Crippen LogP contribution in [0.15, 0.2) is 6.20 Å². The lowest BCUT2D eigenvalue weighted by Crippen LogP contribution is -2.43. The van der Waals surface area contributed by atoms with E-state index in [2.05, 4.69) is 29.1 Å². The van der Waals surface area contributed by atoms with Crippen molar-refractivity contribution in [3.8, 4) is 0 Å². The first-order valence-electron chi connectivity index (χ1n) is 6.77. The Hall–Kier alpha value is -1.07. The molecule has 0 saturated carbocycles. The zero-order valence-electron chi connectivity index (χ0n) is 11.4. The summed E-state index contributed by atoms with van der Waals surface area (Å²) in [5.74, 6) is 0.619. The van der Waals surface area contributed by atoms with Gasteiger partial charge in [-0.1, -0.05) is 13.8 Å². The summed E-state index contributed by atoms with van der Waals surface area (Å²) in [6.07, 6.45) is 5.47. The number of halogens is 1. The van der Waals surface area contributed by atoms with Gasteiger partial charge in [0.05, 0.1) is 17.5 Å². The summed E-state index contributed by atoms with van der Waals surface area (Å²) >= 11 is 5.80. The predicted octanol–water partition coefficient (Wildman–Crippen LogP) is 2.86. The fraction of sp³-hybridized carbons (Fsp3) is 0.692. The van der Waals surface area contributed by atoms with Gasteiger partial charge in [0.25, 0.3) is 0 Å². The number of nitrogens with zero attached hydrogens (tertiary/aromatic N) is 2. The monoisotopic (exact) mass is 284 g/mol. The molecule has 5 nitrogen and oxygen atoms in total. The van der Waals surface area contributed by atoms with E-state index < -0.39 is 0 Å². The Bertz CT molecular complexity index is 437. The molecule has 1 aromatic heterocycles. The van der Waals surface area contributed by atoms with Gasteiger partial charge in [-0.15, -0.1) is 0 Å². The average molecular weight is 285 g/mol. The van der Waals surface area contributed by atoms with Crippen molar-refractivity contribution in [2.45, 2.75) is 51.2 Å². The van der Waals surface area contributed by atoms with E-state index in [9.17, 15) is 0 Å². The molecule has 0 bridgehead atoms. The van der Waals surface area contributed by atoms with Crippen LogP contribution in [-0.2, 0) is 4.74 Å². The molecule has 1 aliphatic rings. The smallest absolute Gasteiger partial charge is 0.224 e. The van der Waals surface area contributed by atoms with Crippen molar-refractivity contribution >= 4 is 23.1 Å². The zero-order valence-corrected chi connectivity index (χ0v) is 12.2. The van der Waals surface area contributed by atoms with Crippen LogP contribution in [0.5, 0.6) is 0 Å². The van der Waals surface area contributed by atoms with Crippen molar-refractivity contribution in [3.63, 3.8) is 0 Å². The lowest BCUT2D eigenvalue weighted by molar-refractivity contribution is -0.0864. The molecule has 19 heavy (non-hydrogen) atoms. The SMILES string of the molecule is CCC1(CC)CC(Nc2nc(Cl)ncc2N)CCO1. The number of nitrogens with two attached hydrogens (primary N) is 1. The lowest BCUT2D eigenvalue weighted by atomic mass is 9.86. The van der Waals surface area contributed by atoms with E-state index in [1.807, 2.05) is 0 Å². The Morgan fingerprint density at radius 1 is 1.53 bits per heavy atom. The predicted molar refractivity (Wildman–Crippen MR) is 77.4 cm³/mol. The molecule has 106 valence electrons. The maximum Gasteiger partial charge on any atom is 0.224 e. The zero-order chi connectivity index (χ0) is 13.9. The minimum atomic E-state index is -0.0263. The van der Waals surface area contributed by atoms with Gasteiger partial charge in [-0.25, -0.2) is 4.98 Å². The fourth-order valence-corrected chi connectivity index (χ4v) is 2.71. The third-order valence-electron chi connectivity index (χ3n) is 3.91. The van der Waals surface area contributed by atoms with Crippen LogP contribution in [0.25, 0.3) is 0 Å². The van der Waals surface area contributed by atoms with Crippen LogP contribution < -0.4 is 11.1 Å². The largest absolute Gasteiger partial charge is 0.394 e. The Balaban J connectivity index is 2.08. The Morgan fingerprint density at radius 2 is 2.26 bits per heavy atom. The highest BCUT2D eigenvalue weighted by molar-refractivity contribution is 6.28. The average Bonchev–Trinajstić information content (AvgIpc) is 2.43. The molecule has 0 aromatic carbocycles. The quantitative estimate of drug-likeness (QED) is 0.832. The van der Waals surface area contributed by atoms with E-state index in [0.29, 0.717) is 17.5 Å². The number of ether oxygens (including phenoxy) is 1. The third-order valence-corrected chi connectivity index (χ3v) is 4.09. The molecule has 0 spiro atoms. The first kappa shape index (κ1) is 14.3. The molecule has 1 atom stereocenters. The second-order valence-corrected chi connectivity index (χ2v) is 5.35. The lowest BCUT2D eigenvalue weighted by Gasteiger charge is -2.40. The summed E-state index contributed by atoms with van der Waals surface area (Å²) in [6.45, 7) is 5.10. The molecule has 3 N–H and O–H groups in total. The van der Waals surface area contributed by atoms with Crippen LogP contribution in [0, 0.1) is 0 Å². The summed E-state index contributed by atoms with van der Waals surface area (Å²) in [5.41, 5.74) is 6.36. The first-order valence-corrected chi connectivity index (χ1v) is 7.15. The van der Waals surface area contributed by atoms with Crippen molar-refractivity contribution in [3.05, 3.63) is 11.5 Å². The topological polar surface area (TPSA) is 73.1 Å². The molecule has 1 aliphatic heterocycles. The van der Waals surface area contributed by atoms with Crippen molar-refractivity contribution in [1.29, 1.82) is 0 Å². The molecule has 6 heteroatoms. The van der Waals surface area contributed by atoms with Crippen molar-refractivity contribution in [1.82, 2.24) is 9.97 Å². The van der Waals surface area contributed by atoms with Gasteiger partial charge in [-0.2, -0.15) is 4.98 Å². The third kappa shape index (κ3) is 3.28. The van der Waals surface area contributed by atoms with E-state index in [1.54, 1.807) is 0 Å². The number of nitrogen functional groups attached to an aromatic ring is 1. The van der Waals surface area contributed by atoms with E-state index in [0.717, 1.165) is 32.3 Å². The van der Waals surface area contributed by atoms with Crippen molar-refractivity contribution < 1.29 is 4.74 Å². The molecule has 0 aliphatic carbocycles. The van der Waals surface area contributed by atoms with Gasteiger partial charge in [0.2, 0.25) is 5.28 Å². The normalized spacial score (nSPS) is 22.2. The Morgan fingerprint density at radius 3 is 2.95 bits per heavy atom. The maximum absolute atomic E-state index is 5.96. The first-order chi connectivity index (χ1) is 9.08. The van der Waals surface area contributed by atoms with Crippen molar-refractivity contribution in [2.24, 2.45) is 0 Å². The molecule has 1 fully saturated rings. The van der Waals surface area contributed by atoms with Crippen LogP contribution in [-0.4, -0.2) is 28.2 Å². The van der Waals surface area contributed by atoms with E-state index in [4.69, 9.17) is 22.1 Å². The molecule has 0 radical (unpaired) electrons. The summed E-state index contributed by atoms with van der Waals surface area (Å²) in [6, 6.07) is 0.307. The van der Waals surface area contributed by atoms with Gasteiger partial charge in [0, 0.05) is 12.6 Å². The summed E-state index contributed by atoms with van der Waals surface area (Å²) in [4.78, 5) is 8.00. The number of hydrogen-bond acceptors (Lipinski definition) is 5. The number of nitrogens with one attached hydrogen (secondary N) is 1. The van der Waals surface area contributed by atoms with Crippen LogP contribution in [0.1, 0.15) is 39.5 Å². The van der Waals surface area contributed by atoms with Gasteiger partial charge in [0.1, 0.15) is 0 Å². The Labute approximate surface area is 118 Å². The van der Waals surface area contributed by atoms with Crippen LogP contribution in [0.2, 0.25) is 5.28 Å². The van der Waals surface area contributed by atoms with Crippen LogP contribution >= 0.6 is 11.6 Å². The Kier molecular flexibility index (Phi) is 4.47. The molecule has 2 rings (SSSR count). The highest BCUT2D eigenvalue weighted by Crippen LogP contribution is 2.33. The van der Waals surface area contributed by atoms with Gasteiger partial charge in [-0.05, 0) is 37.3 Å². The number of rotatable bonds is 4. The second kappa shape index (κ2) is 5.92.